The minimum Gasteiger partial charge on any atom is -0.382 e. The van der Waals surface area contributed by atoms with Crippen LogP contribution in [-0.2, 0) is 20.7 Å². The van der Waals surface area contributed by atoms with Crippen molar-refractivity contribution in [2.75, 3.05) is 26.9 Å². The van der Waals surface area contributed by atoms with Gasteiger partial charge < -0.3 is 9.47 Å². The van der Waals surface area contributed by atoms with Crippen molar-refractivity contribution in [2.45, 2.75) is 25.2 Å². The first-order valence-electron chi connectivity index (χ1n) is 6.47. The molecular weight excluding hydrogens is 228 g/mol. The van der Waals surface area contributed by atoms with Crippen LogP contribution in [0, 0.1) is 0 Å². The van der Waals surface area contributed by atoms with Gasteiger partial charge in [0.1, 0.15) is 5.78 Å². The zero-order valence-electron chi connectivity index (χ0n) is 10.9. The van der Waals surface area contributed by atoms with Gasteiger partial charge >= 0.3 is 0 Å². The van der Waals surface area contributed by atoms with E-state index in [9.17, 15) is 4.79 Å². The van der Waals surface area contributed by atoms with E-state index in [1.54, 1.807) is 7.11 Å². The Morgan fingerprint density at radius 2 is 2.11 bits per heavy atom. The highest BCUT2D eigenvalue weighted by atomic mass is 16.5. The molecule has 0 N–H and O–H groups in total. The second kappa shape index (κ2) is 6.66. The summed E-state index contributed by atoms with van der Waals surface area (Å²) < 4.78 is 10.2. The molecule has 0 aromatic heterocycles. The molecule has 0 spiro atoms. The van der Waals surface area contributed by atoms with Crippen molar-refractivity contribution in [3.63, 3.8) is 0 Å². The van der Waals surface area contributed by atoms with Crippen molar-refractivity contribution in [3.05, 3.63) is 35.4 Å². The number of Topliss-reactive ketones (excluding diaryl/α,β-unsaturated/α-hetero) is 1. The predicted octanol–water partition coefficient (Wildman–Crippen LogP) is 2.34. The molecule has 0 bridgehead atoms. The zero-order valence-corrected chi connectivity index (χ0v) is 10.9. The number of methoxy groups -OCH3 is 1. The largest absolute Gasteiger partial charge is 0.382 e. The van der Waals surface area contributed by atoms with Crippen molar-refractivity contribution >= 4 is 5.78 Å². The Bertz CT molecular complexity index is 400. The molecule has 1 aliphatic rings. The summed E-state index contributed by atoms with van der Waals surface area (Å²) in [6.07, 6.45) is 2.22. The van der Waals surface area contributed by atoms with Crippen LogP contribution in [0.15, 0.2) is 24.3 Å². The van der Waals surface area contributed by atoms with E-state index in [4.69, 9.17) is 9.47 Å². The number of carbonyl (C=O) groups excluding carboxylic acids is 1. The van der Waals surface area contributed by atoms with Crippen molar-refractivity contribution in [3.8, 4) is 0 Å². The smallest absolute Gasteiger partial charge is 0.135 e. The number of ketones is 1. The van der Waals surface area contributed by atoms with E-state index < -0.39 is 0 Å². The zero-order chi connectivity index (χ0) is 12.8. The van der Waals surface area contributed by atoms with Crippen molar-refractivity contribution in [1.82, 2.24) is 0 Å². The number of ether oxygens (including phenoxy) is 2. The van der Waals surface area contributed by atoms with E-state index in [0.29, 0.717) is 44.4 Å². The highest BCUT2D eigenvalue weighted by Crippen LogP contribution is 2.37. The van der Waals surface area contributed by atoms with Gasteiger partial charge in [0.2, 0.25) is 0 Å². The minimum atomic E-state index is 0.298. The van der Waals surface area contributed by atoms with Gasteiger partial charge in [-0.15, -0.1) is 0 Å². The molecular formula is C15H20O3. The normalized spacial score (nSPS) is 17.1. The average molecular weight is 248 g/mol. The molecule has 0 heterocycles. The number of rotatable bonds is 8. The molecule has 1 aromatic rings. The molecule has 0 saturated heterocycles. The number of hydrogen-bond donors (Lipinski definition) is 0. The lowest BCUT2D eigenvalue weighted by Crippen LogP contribution is -2.20. The summed E-state index contributed by atoms with van der Waals surface area (Å²) in [6, 6.07) is 8.37. The third-order valence-electron chi connectivity index (χ3n) is 3.39. The quantitative estimate of drug-likeness (QED) is 0.662. The van der Waals surface area contributed by atoms with Gasteiger partial charge in [-0.3, -0.25) is 4.79 Å². The third kappa shape index (κ3) is 3.40. The molecule has 0 fully saturated rings. The molecule has 0 saturated carbocycles. The third-order valence-corrected chi connectivity index (χ3v) is 3.39. The number of carbonyl (C=O) groups is 1. The van der Waals surface area contributed by atoms with Crippen LogP contribution < -0.4 is 0 Å². The highest BCUT2D eigenvalue weighted by molar-refractivity contribution is 5.80. The van der Waals surface area contributed by atoms with Crippen molar-refractivity contribution in [1.29, 1.82) is 0 Å². The second-order valence-corrected chi connectivity index (χ2v) is 4.70. The fourth-order valence-corrected chi connectivity index (χ4v) is 2.35. The van der Waals surface area contributed by atoms with E-state index in [2.05, 4.69) is 18.2 Å². The fraction of sp³-hybridized carbons (Fsp3) is 0.533. The van der Waals surface area contributed by atoms with Crippen LogP contribution in [-0.4, -0.2) is 32.7 Å². The summed E-state index contributed by atoms with van der Waals surface area (Å²) in [6.45, 7) is 1.66. The van der Waals surface area contributed by atoms with Crippen LogP contribution in [0.5, 0.6) is 0 Å². The summed E-state index contributed by atoms with van der Waals surface area (Å²) in [7, 11) is 1.64. The monoisotopic (exact) mass is 248 g/mol. The van der Waals surface area contributed by atoms with Gasteiger partial charge in [-0.1, -0.05) is 24.3 Å². The van der Waals surface area contributed by atoms with Crippen LogP contribution in [0.4, 0.5) is 0 Å². The Morgan fingerprint density at radius 1 is 1.28 bits per heavy atom. The topological polar surface area (TPSA) is 35.5 Å². The van der Waals surface area contributed by atoms with Crippen LogP contribution >= 0.6 is 0 Å². The first kappa shape index (κ1) is 13.2. The maximum Gasteiger partial charge on any atom is 0.135 e. The lowest BCUT2D eigenvalue weighted by Gasteiger charge is -2.29. The van der Waals surface area contributed by atoms with Crippen LogP contribution in [0.3, 0.4) is 0 Å². The first-order valence-corrected chi connectivity index (χ1v) is 6.47. The molecule has 3 nitrogen and oxygen atoms in total. The Balaban J connectivity index is 1.64. The first-order chi connectivity index (χ1) is 8.81. The Morgan fingerprint density at radius 3 is 2.89 bits per heavy atom. The molecule has 1 unspecified atom stereocenters. The van der Waals surface area contributed by atoms with Gasteiger partial charge in [-0.25, -0.2) is 0 Å². The molecule has 1 aliphatic carbocycles. The van der Waals surface area contributed by atoms with E-state index in [1.807, 2.05) is 6.07 Å². The molecule has 0 amide bonds. The summed E-state index contributed by atoms with van der Waals surface area (Å²) in [5.74, 6) is 0.736. The number of fused-ring (bicyclic) bond motifs is 1. The Hall–Kier alpha value is -1.19. The van der Waals surface area contributed by atoms with Crippen LogP contribution in [0.1, 0.15) is 29.9 Å². The lowest BCUT2D eigenvalue weighted by atomic mass is 9.75. The van der Waals surface area contributed by atoms with Crippen LogP contribution in [0.25, 0.3) is 0 Å². The summed E-state index contributed by atoms with van der Waals surface area (Å²) in [4.78, 5) is 11.8. The van der Waals surface area contributed by atoms with Gasteiger partial charge in [0.25, 0.3) is 0 Å². The molecule has 3 heteroatoms. The molecule has 0 aliphatic heterocycles. The summed E-state index contributed by atoms with van der Waals surface area (Å²) in [5, 5.41) is 0. The highest BCUT2D eigenvalue weighted by Gasteiger charge is 2.26. The maximum atomic E-state index is 11.8. The molecule has 1 atom stereocenters. The van der Waals surface area contributed by atoms with Gasteiger partial charge in [-0.2, -0.15) is 0 Å². The molecule has 2 rings (SSSR count). The summed E-state index contributed by atoms with van der Waals surface area (Å²) >= 11 is 0. The SMILES string of the molecule is COCCOCCC(=O)CC1Cc2ccccc21. The van der Waals surface area contributed by atoms with E-state index in [1.165, 1.54) is 11.1 Å². The standard InChI is InChI=1S/C15H20O3/c1-17-8-9-18-7-6-14(16)11-13-10-12-4-2-3-5-15(12)13/h2-5,13H,6-11H2,1H3. The maximum absolute atomic E-state index is 11.8. The number of hydrogen-bond acceptors (Lipinski definition) is 3. The lowest BCUT2D eigenvalue weighted by molar-refractivity contribution is -0.120. The van der Waals surface area contributed by atoms with Crippen LogP contribution in [0.2, 0.25) is 0 Å². The van der Waals surface area contributed by atoms with Gasteiger partial charge in [-0.05, 0) is 23.5 Å². The van der Waals surface area contributed by atoms with Gasteiger partial charge in [0.05, 0.1) is 19.8 Å². The second-order valence-electron chi connectivity index (χ2n) is 4.70. The van der Waals surface area contributed by atoms with Crippen molar-refractivity contribution < 1.29 is 14.3 Å². The molecule has 18 heavy (non-hydrogen) atoms. The Labute approximate surface area is 108 Å². The minimum absolute atomic E-state index is 0.298. The molecule has 0 radical (unpaired) electrons. The fourth-order valence-electron chi connectivity index (χ4n) is 2.35. The van der Waals surface area contributed by atoms with E-state index in [0.717, 1.165) is 6.42 Å². The number of benzene rings is 1. The van der Waals surface area contributed by atoms with Gasteiger partial charge in [0.15, 0.2) is 0 Å². The molecule has 1 aromatic carbocycles. The predicted molar refractivity (Wildman–Crippen MR) is 69.8 cm³/mol. The van der Waals surface area contributed by atoms with E-state index in [-0.39, 0.29) is 0 Å². The van der Waals surface area contributed by atoms with Crippen molar-refractivity contribution in [2.24, 2.45) is 0 Å². The van der Waals surface area contributed by atoms with E-state index >= 15 is 0 Å². The van der Waals surface area contributed by atoms with Gasteiger partial charge in [0, 0.05) is 20.0 Å². The summed E-state index contributed by atoms with van der Waals surface area (Å²) in [5.41, 5.74) is 2.75. The molecule has 98 valence electrons. The Kier molecular flexibility index (Phi) is 4.90. The average Bonchev–Trinajstić information content (AvgIpc) is 2.36.